The molecule has 2 heterocycles. The predicted molar refractivity (Wildman–Crippen MR) is 93.4 cm³/mol. The van der Waals surface area contributed by atoms with Crippen molar-refractivity contribution in [2.75, 3.05) is 7.11 Å². The van der Waals surface area contributed by atoms with Gasteiger partial charge in [-0.1, -0.05) is 15.9 Å². The molecule has 4 rings (SSSR count). The van der Waals surface area contributed by atoms with E-state index in [4.69, 9.17) is 4.74 Å². The summed E-state index contributed by atoms with van der Waals surface area (Å²) in [6.07, 6.45) is 1.40. The van der Waals surface area contributed by atoms with Gasteiger partial charge in [-0.05, 0) is 36.4 Å². The van der Waals surface area contributed by atoms with E-state index in [0.717, 1.165) is 0 Å². The summed E-state index contributed by atoms with van der Waals surface area (Å²) in [6.45, 7) is 0. The summed E-state index contributed by atoms with van der Waals surface area (Å²) in [4.78, 5) is 16.7. The molecule has 0 unspecified atom stereocenters. The number of hydrogen-bond donors (Lipinski definition) is 1. The van der Waals surface area contributed by atoms with Gasteiger partial charge in [0.2, 0.25) is 0 Å². The first-order valence-corrected chi connectivity index (χ1v) is 7.90. The molecule has 0 spiro atoms. The van der Waals surface area contributed by atoms with Gasteiger partial charge in [0.1, 0.15) is 11.3 Å². The Morgan fingerprint density at radius 1 is 1.21 bits per heavy atom. The predicted octanol–water partition coefficient (Wildman–Crippen LogP) is 3.78. The van der Waals surface area contributed by atoms with E-state index in [0.29, 0.717) is 32.2 Å². The lowest BCUT2D eigenvalue weighted by Crippen LogP contribution is -2.14. The summed E-state index contributed by atoms with van der Waals surface area (Å²) < 4.78 is 21.2. The Morgan fingerprint density at radius 3 is 2.67 bits per heavy atom. The molecule has 2 aromatic heterocycles. The van der Waals surface area contributed by atoms with Gasteiger partial charge < -0.3 is 4.74 Å². The molecule has 1 N–H and O–H groups in total. The van der Waals surface area contributed by atoms with Crippen LogP contribution in [0.4, 0.5) is 4.39 Å². The monoisotopic (exact) mass is 387 g/mol. The normalized spacial score (nSPS) is 11.3. The molecule has 0 aliphatic heterocycles. The topological polar surface area (TPSA) is 59.9 Å². The number of hydrogen-bond acceptors (Lipinski definition) is 3. The highest BCUT2D eigenvalue weighted by Crippen LogP contribution is 2.27. The molecule has 4 aromatic rings. The molecule has 2 aromatic carbocycles. The van der Waals surface area contributed by atoms with Gasteiger partial charge in [0.05, 0.1) is 23.7 Å². The fraction of sp³-hybridized carbons (Fsp3) is 0.0588. The quantitative estimate of drug-likeness (QED) is 0.569. The minimum atomic E-state index is -0.445. The molecule has 0 fully saturated rings. The molecule has 5 nitrogen and oxygen atoms in total. The molecule has 0 saturated carbocycles. The van der Waals surface area contributed by atoms with Gasteiger partial charge in [0, 0.05) is 16.1 Å². The molecule has 120 valence electrons. The second kappa shape index (κ2) is 5.45. The highest BCUT2D eigenvalue weighted by molar-refractivity contribution is 9.10. The van der Waals surface area contributed by atoms with E-state index in [-0.39, 0.29) is 11.1 Å². The SMILES string of the molecule is COc1ccc(-n2[nH]c3c(cnc4c(F)cc(Br)cc43)c2=O)cc1. The van der Waals surface area contributed by atoms with Gasteiger partial charge >= 0.3 is 0 Å². The van der Waals surface area contributed by atoms with Crippen LogP contribution in [0.5, 0.6) is 5.75 Å². The zero-order chi connectivity index (χ0) is 16.8. The van der Waals surface area contributed by atoms with E-state index in [2.05, 4.69) is 26.0 Å². The van der Waals surface area contributed by atoms with Gasteiger partial charge in [-0.25, -0.2) is 9.07 Å². The average molecular weight is 388 g/mol. The maximum Gasteiger partial charge on any atom is 0.280 e. The third-order valence-electron chi connectivity index (χ3n) is 3.88. The Labute approximate surface area is 143 Å². The number of pyridine rings is 1. The van der Waals surface area contributed by atoms with Crippen molar-refractivity contribution >= 4 is 37.7 Å². The first kappa shape index (κ1) is 14.9. The van der Waals surface area contributed by atoms with Crippen LogP contribution in [0, 0.1) is 5.82 Å². The first-order chi connectivity index (χ1) is 11.6. The number of aromatic nitrogens is 3. The number of aromatic amines is 1. The minimum Gasteiger partial charge on any atom is -0.497 e. The second-order valence-corrected chi connectivity index (χ2v) is 6.20. The number of nitrogens with zero attached hydrogens (tertiary/aromatic N) is 2. The van der Waals surface area contributed by atoms with E-state index in [9.17, 15) is 9.18 Å². The number of rotatable bonds is 2. The van der Waals surface area contributed by atoms with Gasteiger partial charge in [-0.15, -0.1) is 0 Å². The van der Waals surface area contributed by atoms with Crippen LogP contribution < -0.4 is 10.3 Å². The highest BCUT2D eigenvalue weighted by atomic mass is 79.9. The molecule has 24 heavy (non-hydrogen) atoms. The van der Waals surface area contributed by atoms with E-state index in [1.54, 1.807) is 37.4 Å². The second-order valence-electron chi connectivity index (χ2n) is 5.28. The van der Waals surface area contributed by atoms with Gasteiger partial charge in [0.25, 0.3) is 5.56 Å². The van der Waals surface area contributed by atoms with E-state index in [1.165, 1.54) is 16.9 Å². The lowest BCUT2D eigenvalue weighted by molar-refractivity contribution is 0.414. The maximum atomic E-state index is 14.1. The molecule has 0 saturated heterocycles. The molecule has 7 heteroatoms. The molecule has 0 aliphatic carbocycles. The third-order valence-corrected chi connectivity index (χ3v) is 4.34. The maximum absolute atomic E-state index is 14.1. The van der Waals surface area contributed by atoms with Crippen LogP contribution in [0.25, 0.3) is 27.5 Å². The van der Waals surface area contributed by atoms with Crippen LogP contribution in [0.1, 0.15) is 0 Å². The van der Waals surface area contributed by atoms with Crippen molar-refractivity contribution in [3.8, 4) is 11.4 Å². The Balaban J connectivity index is 2.03. The van der Waals surface area contributed by atoms with Crippen molar-refractivity contribution in [1.82, 2.24) is 14.8 Å². The summed E-state index contributed by atoms with van der Waals surface area (Å²) in [7, 11) is 1.58. The summed E-state index contributed by atoms with van der Waals surface area (Å²) in [5.41, 5.74) is 1.17. The Bertz CT molecular complexity index is 1130. The molecule has 0 amide bonds. The van der Waals surface area contributed by atoms with Gasteiger partial charge in [-0.3, -0.25) is 14.9 Å². The number of methoxy groups -OCH3 is 1. The zero-order valence-corrected chi connectivity index (χ0v) is 14.1. The Hall–Kier alpha value is -2.67. The highest BCUT2D eigenvalue weighted by Gasteiger charge is 2.14. The average Bonchev–Trinajstić information content (AvgIpc) is 2.92. The minimum absolute atomic E-state index is 0.217. The van der Waals surface area contributed by atoms with Crippen LogP contribution in [-0.2, 0) is 0 Å². The zero-order valence-electron chi connectivity index (χ0n) is 12.5. The molecular formula is C17H11BrFN3O2. The standard InChI is InChI=1S/C17H11BrFN3O2/c1-24-11-4-2-10(3-5-11)22-17(23)13-8-20-16-12(15(13)21-22)6-9(18)7-14(16)19/h2-8,21H,1H3. The number of fused-ring (bicyclic) bond motifs is 3. The molecule has 0 atom stereocenters. The van der Waals surface area contributed by atoms with E-state index >= 15 is 0 Å². The van der Waals surface area contributed by atoms with Crippen molar-refractivity contribution in [1.29, 1.82) is 0 Å². The third kappa shape index (κ3) is 2.20. The van der Waals surface area contributed by atoms with E-state index in [1.807, 2.05) is 0 Å². The lowest BCUT2D eigenvalue weighted by atomic mass is 10.1. The summed E-state index contributed by atoms with van der Waals surface area (Å²) in [6, 6.07) is 10.1. The number of H-pyrrole nitrogens is 1. The van der Waals surface area contributed by atoms with Gasteiger partial charge in [-0.2, -0.15) is 0 Å². The largest absolute Gasteiger partial charge is 0.497 e. The van der Waals surface area contributed by atoms with Crippen molar-refractivity contribution in [2.45, 2.75) is 0 Å². The molecular weight excluding hydrogens is 377 g/mol. The number of halogens is 2. The van der Waals surface area contributed by atoms with Crippen molar-refractivity contribution in [2.24, 2.45) is 0 Å². The fourth-order valence-electron chi connectivity index (χ4n) is 2.71. The fourth-order valence-corrected chi connectivity index (χ4v) is 3.14. The summed E-state index contributed by atoms with van der Waals surface area (Å²) >= 11 is 3.27. The lowest BCUT2D eigenvalue weighted by Gasteiger charge is -2.03. The van der Waals surface area contributed by atoms with Crippen LogP contribution in [0.2, 0.25) is 0 Å². The Kier molecular flexibility index (Phi) is 3.38. The van der Waals surface area contributed by atoms with Crippen molar-refractivity contribution in [3.05, 3.63) is 63.2 Å². The van der Waals surface area contributed by atoms with Crippen LogP contribution in [0.3, 0.4) is 0 Å². The van der Waals surface area contributed by atoms with E-state index < -0.39 is 5.82 Å². The van der Waals surface area contributed by atoms with Crippen LogP contribution in [0.15, 0.2) is 51.9 Å². The Morgan fingerprint density at radius 2 is 1.96 bits per heavy atom. The number of benzene rings is 2. The smallest absolute Gasteiger partial charge is 0.280 e. The van der Waals surface area contributed by atoms with Gasteiger partial charge in [0.15, 0.2) is 5.82 Å². The summed E-state index contributed by atoms with van der Waals surface area (Å²) in [5.74, 6) is 0.250. The van der Waals surface area contributed by atoms with Crippen molar-refractivity contribution < 1.29 is 9.13 Å². The van der Waals surface area contributed by atoms with Crippen LogP contribution >= 0.6 is 15.9 Å². The number of nitrogens with one attached hydrogen (secondary N) is 1. The first-order valence-electron chi connectivity index (χ1n) is 7.11. The van der Waals surface area contributed by atoms with Crippen molar-refractivity contribution in [3.63, 3.8) is 0 Å². The number of ether oxygens (including phenoxy) is 1. The molecule has 0 bridgehead atoms. The van der Waals surface area contributed by atoms with Crippen LogP contribution in [-0.4, -0.2) is 21.9 Å². The summed E-state index contributed by atoms with van der Waals surface area (Å²) in [5, 5.41) is 3.99. The molecule has 0 aliphatic rings. The molecule has 0 radical (unpaired) electrons.